The van der Waals surface area contributed by atoms with Crippen LogP contribution in [0.3, 0.4) is 0 Å². The molecule has 24 heavy (non-hydrogen) atoms. The summed E-state index contributed by atoms with van der Waals surface area (Å²) >= 11 is 1.45. The SMILES string of the molecule is O=Cc1ccc(-c2cccc(CNCCOc3ccccc3)n2)s1. The Morgan fingerprint density at radius 3 is 2.71 bits per heavy atom. The van der Waals surface area contributed by atoms with E-state index in [4.69, 9.17) is 4.74 Å². The number of pyridine rings is 1. The Morgan fingerprint density at radius 2 is 1.92 bits per heavy atom. The quantitative estimate of drug-likeness (QED) is 0.501. The molecule has 2 heterocycles. The molecule has 0 spiro atoms. The van der Waals surface area contributed by atoms with Crippen LogP contribution >= 0.6 is 11.3 Å². The summed E-state index contributed by atoms with van der Waals surface area (Å²) in [7, 11) is 0. The third kappa shape index (κ3) is 4.50. The molecule has 2 aromatic heterocycles. The number of thiophene rings is 1. The summed E-state index contributed by atoms with van der Waals surface area (Å²) in [4.78, 5) is 17.2. The summed E-state index contributed by atoms with van der Waals surface area (Å²) < 4.78 is 5.64. The van der Waals surface area contributed by atoms with Crippen LogP contribution in [-0.4, -0.2) is 24.4 Å². The summed E-state index contributed by atoms with van der Waals surface area (Å²) in [6, 6.07) is 19.5. The van der Waals surface area contributed by atoms with Crippen LogP contribution in [-0.2, 0) is 6.54 Å². The number of aromatic nitrogens is 1. The highest BCUT2D eigenvalue weighted by Crippen LogP contribution is 2.25. The van der Waals surface area contributed by atoms with Crippen molar-refractivity contribution in [1.29, 1.82) is 0 Å². The first-order valence-corrected chi connectivity index (χ1v) is 8.57. The molecule has 0 aliphatic heterocycles. The molecule has 1 N–H and O–H groups in total. The summed E-state index contributed by atoms with van der Waals surface area (Å²) in [5.41, 5.74) is 1.86. The predicted octanol–water partition coefficient (Wildman–Crippen LogP) is 3.79. The lowest BCUT2D eigenvalue weighted by Crippen LogP contribution is -2.21. The highest BCUT2D eigenvalue weighted by Gasteiger charge is 2.04. The van der Waals surface area contributed by atoms with Gasteiger partial charge in [-0.25, -0.2) is 0 Å². The minimum absolute atomic E-state index is 0.608. The van der Waals surface area contributed by atoms with Crippen LogP contribution in [0.4, 0.5) is 0 Å². The largest absolute Gasteiger partial charge is 0.492 e. The van der Waals surface area contributed by atoms with E-state index >= 15 is 0 Å². The molecule has 1 aromatic carbocycles. The van der Waals surface area contributed by atoms with E-state index in [1.807, 2.05) is 60.7 Å². The molecular weight excluding hydrogens is 320 g/mol. The zero-order valence-electron chi connectivity index (χ0n) is 13.1. The van der Waals surface area contributed by atoms with Gasteiger partial charge in [-0.1, -0.05) is 24.3 Å². The van der Waals surface area contributed by atoms with Crippen LogP contribution in [0, 0.1) is 0 Å². The molecular formula is C19H18N2O2S. The van der Waals surface area contributed by atoms with Crippen molar-refractivity contribution in [3.05, 3.63) is 71.2 Å². The van der Waals surface area contributed by atoms with Crippen molar-refractivity contribution in [3.8, 4) is 16.3 Å². The van der Waals surface area contributed by atoms with Gasteiger partial charge in [0.1, 0.15) is 12.4 Å². The number of aldehydes is 1. The minimum atomic E-state index is 0.608. The molecule has 3 rings (SSSR count). The van der Waals surface area contributed by atoms with Crippen molar-refractivity contribution < 1.29 is 9.53 Å². The molecule has 0 atom stereocenters. The number of nitrogens with one attached hydrogen (secondary N) is 1. The number of hydrogen-bond donors (Lipinski definition) is 1. The van der Waals surface area contributed by atoms with E-state index < -0.39 is 0 Å². The van der Waals surface area contributed by atoms with E-state index in [9.17, 15) is 4.79 Å². The van der Waals surface area contributed by atoms with Gasteiger partial charge >= 0.3 is 0 Å². The van der Waals surface area contributed by atoms with Crippen LogP contribution in [0.15, 0.2) is 60.7 Å². The van der Waals surface area contributed by atoms with Crippen molar-refractivity contribution in [2.24, 2.45) is 0 Å². The lowest BCUT2D eigenvalue weighted by molar-refractivity contribution is 0.112. The maximum atomic E-state index is 10.8. The number of rotatable bonds is 8. The minimum Gasteiger partial charge on any atom is -0.492 e. The molecule has 4 nitrogen and oxygen atoms in total. The molecule has 0 radical (unpaired) electrons. The Balaban J connectivity index is 1.49. The Labute approximate surface area is 145 Å². The van der Waals surface area contributed by atoms with Crippen LogP contribution in [0.1, 0.15) is 15.4 Å². The predicted molar refractivity (Wildman–Crippen MR) is 96.6 cm³/mol. The normalized spacial score (nSPS) is 10.5. The number of para-hydroxylation sites is 1. The zero-order chi connectivity index (χ0) is 16.6. The number of benzene rings is 1. The number of carbonyl (C=O) groups excluding carboxylic acids is 1. The summed E-state index contributed by atoms with van der Waals surface area (Å²) in [6.45, 7) is 2.03. The van der Waals surface area contributed by atoms with Gasteiger partial charge in [0.2, 0.25) is 0 Å². The highest BCUT2D eigenvalue weighted by molar-refractivity contribution is 7.17. The summed E-state index contributed by atoms with van der Waals surface area (Å²) in [6.07, 6.45) is 0.867. The molecule has 0 amide bonds. The van der Waals surface area contributed by atoms with Crippen molar-refractivity contribution >= 4 is 17.6 Å². The average Bonchev–Trinajstić information content (AvgIpc) is 3.12. The van der Waals surface area contributed by atoms with Crippen molar-refractivity contribution in [2.75, 3.05) is 13.2 Å². The maximum Gasteiger partial charge on any atom is 0.160 e. The Kier molecular flexibility index (Phi) is 5.71. The molecule has 3 aromatic rings. The topological polar surface area (TPSA) is 51.2 Å². The molecule has 0 fully saturated rings. The van der Waals surface area contributed by atoms with Crippen molar-refractivity contribution in [3.63, 3.8) is 0 Å². The lowest BCUT2D eigenvalue weighted by Gasteiger charge is -2.08. The fraction of sp³-hybridized carbons (Fsp3) is 0.158. The molecule has 0 unspecified atom stereocenters. The number of ether oxygens (including phenoxy) is 1. The van der Waals surface area contributed by atoms with E-state index in [-0.39, 0.29) is 0 Å². The number of carbonyl (C=O) groups is 1. The summed E-state index contributed by atoms with van der Waals surface area (Å²) in [5, 5.41) is 3.33. The first-order valence-electron chi connectivity index (χ1n) is 7.75. The zero-order valence-corrected chi connectivity index (χ0v) is 14.0. The van der Waals surface area contributed by atoms with Crippen molar-refractivity contribution in [1.82, 2.24) is 10.3 Å². The maximum absolute atomic E-state index is 10.8. The van der Waals surface area contributed by atoms with Gasteiger partial charge in [0.05, 0.1) is 21.1 Å². The van der Waals surface area contributed by atoms with E-state index in [0.717, 1.165) is 34.8 Å². The first kappa shape index (κ1) is 16.4. The van der Waals surface area contributed by atoms with E-state index in [1.54, 1.807) is 0 Å². The van der Waals surface area contributed by atoms with Gasteiger partial charge in [0, 0.05) is 13.1 Å². The van der Waals surface area contributed by atoms with Crippen molar-refractivity contribution in [2.45, 2.75) is 6.54 Å². The summed E-state index contributed by atoms with van der Waals surface area (Å²) in [5.74, 6) is 0.878. The molecule has 0 bridgehead atoms. The molecule has 0 saturated carbocycles. The molecule has 0 aliphatic carbocycles. The standard InChI is InChI=1S/C19H18N2O2S/c22-14-17-9-10-19(24-17)18-8-4-5-15(21-18)13-20-11-12-23-16-6-2-1-3-7-16/h1-10,14,20H,11-13H2. The van der Waals surface area contributed by atoms with Crippen LogP contribution in [0.2, 0.25) is 0 Å². The second kappa shape index (κ2) is 8.38. The van der Waals surface area contributed by atoms with Gasteiger partial charge in [-0.3, -0.25) is 9.78 Å². The van der Waals surface area contributed by atoms with Crippen LogP contribution < -0.4 is 10.1 Å². The third-order valence-corrected chi connectivity index (χ3v) is 4.43. The average molecular weight is 338 g/mol. The lowest BCUT2D eigenvalue weighted by atomic mass is 10.2. The Morgan fingerprint density at radius 1 is 1.04 bits per heavy atom. The van der Waals surface area contributed by atoms with Gasteiger partial charge in [-0.05, 0) is 36.4 Å². The molecule has 0 aliphatic rings. The Bertz CT molecular complexity index is 787. The third-order valence-electron chi connectivity index (χ3n) is 3.40. The second-order valence-electron chi connectivity index (χ2n) is 5.17. The molecule has 122 valence electrons. The fourth-order valence-electron chi connectivity index (χ4n) is 2.24. The van der Waals surface area contributed by atoms with Crippen LogP contribution in [0.5, 0.6) is 5.75 Å². The van der Waals surface area contributed by atoms with E-state index in [1.165, 1.54) is 11.3 Å². The van der Waals surface area contributed by atoms with Gasteiger partial charge < -0.3 is 10.1 Å². The van der Waals surface area contributed by atoms with Gasteiger partial charge in [-0.2, -0.15) is 0 Å². The van der Waals surface area contributed by atoms with Gasteiger partial charge in [0.15, 0.2) is 6.29 Å². The highest BCUT2D eigenvalue weighted by atomic mass is 32.1. The van der Waals surface area contributed by atoms with Gasteiger partial charge in [-0.15, -0.1) is 11.3 Å². The smallest absolute Gasteiger partial charge is 0.160 e. The number of hydrogen-bond acceptors (Lipinski definition) is 5. The molecule has 5 heteroatoms. The monoisotopic (exact) mass is 338 g/mol. The second-order valence-corrected chi connectivity index (χ2v) is 6.29. The first-order chi connectivity index (χ1) is 11.8. The van der Waals surface area contributed by atoms with E-state index in [0.29, 0.717) is 18.0 Å². The number of nitrogens with zero attached hydrogens (tertiary/aromatic N) is 1. The Hall–Kier alpha value is -2.50. The fourth-order valence-corrected chi connectivity index (χ4v) is 3.04. The molecule has 0 saturated heterocycles. The van der Waals surface area contributed by atoms with Gasteiger partial charge in [0.25, 0.3) is 0 Å². The van der Waals surface area contributed by atoms with E-state index in [2.05, 4.69) is 10.3 Å². The van der Waals surface area contributed by atoms with Crippen LogP contribution in [0.25, 0.3) is 10.6 Å².